The van der Waals surface area contributed by atoms with E-state index in [1.807, 2.05) is 11.9 Å². The van der Waals surface area contributed by atoms with Crippen LogP contribution in [0.5, 0.6) is 0 Å². The van der Waals surface area contributed by atoms with Crippen molar-refractivity contribution in [3.8, 4) is 0 Å². The Morgan fingerprint density at radius 3 is 2.93 bits per heavy atom. The predicted molar refractivity (Wildman–Crippen MR) is 62.8 cm³/mol. The third-order valence-electron chi connectivity index (χ3n) is 3.08. The van der Waals surface area contributed by atoms with Gasteiger partial charge in [0.15, 0.2) is 0 Å². The molecular formula is C12H24N2O. The Morgan fingerprint density at radius 2 is 2.20 bits per heavy atom. The minimum Gasteiger partial charge on any atom is -0.344 e. The number of carbonyl (C=O) groups excluding carboxylic acids is 1. The molecule has 0 bridgehead atoms. The van der Waals surface area contributed by atoms with Crippen LogP contribution in [-0.4, -0.2) is 37.0 Å². The number of nitrogens with one attached hydrogen (secondary N) is 1. The van der Waals surface area contributed by atoms with Crippen molar-refractivity contribution in [3.63, 3.8) is 0 Å². The Hall–Kier alpha value is -0.570. The second kappa shape index (κ2) is 6.83. The van der Waals surface area contributed by atoms with Crippen LogP contribution in [0.4, 0.5) is 0 Å². The number of hydrogen-bond donors (Lipinski definition) is 1. The van der Waals surface area contributed by atoms with Gasteiger partial charge in [0, 0.05) is 13.6 Å². The average Bonchev–Trinajstić information content (AvgIpc) is 2.53. The van der Waals surface area contributed by atoms with Gasteiger partial charge < -0.3 is 10.2 Å². The molecule has 0 aromatic carbocycles. The zero-order valence-electron chi connectivity index (χ0n) is 10.1. The first-order chi connectivity index (χ1) is 7.25. The van der Waals surface area contributed by atoms with Crippen molar-refractivity contribution in [1.29, 1.82) is 0 Å². The number of nitrogens with zero attached hydrogens (tertiary/aromatic N) is 1. The molecule has 0 saturated carbocycles. The largest absolute Gasteiger partial charge is 0.344 e. The van der Waals surface area contributed by atoms with Gasteiger partial charge in [-0.1, -0.05) is 26.2 Å². The van der Waals surface area contributed by atoms with Crippen molar-refractivity contribution in [2.45, 2.75) is 51.5 Å². The van der Waals surface area contributed by atoms with Crippen molar-refractivity contribution in [3.05, 3.63) is 0 Å². The molecule has 0 aromatic rings. The lowest BCUT2D eigenvalue weighted by molar-refractivity contribution is -0.132. The van der Waals surface area contributed by atoms with Gasteiger partial charge >= 0.3 is 0 Å². The van der Waals surface area contributed by atoms with E-state index in [0.29, 0.717) is 0 Å². The molecule has 88 valence electrons. The van der Waals surface area contributed by atoms with Crippen LogP contribution in [0.3, 0.4) is 0 Å². The van der Waals surface area contributed by atoms with Gasteiger partial charge in [-0.15, -0.1) is 0 Å². The summed E-state index contributed by atoms with van der Waals surface area (Å²) in [6.45, 7) is 4.05. The van der Waals surface area contributed by atoms with Crippen molar-refractivity contribution < 1.29 is 4.79 Å². The Labute approximate surface area is 93.2 Å². The normalized spacial score (nSPS) is 22.1. The van der Waals surface area contributed by atoms with E-state index in [4.69, 9.17) is 0 Å². The number of hydrogen-bond acceptors (Lipinski definition) is 2. The summed E-state index contributed by atoms with van der Waals surface area (Å²) in [5, 5.41) is 3.35. The third-order valence-corrected chi connectivity index (χ3v) is 3.08. The van der Waals surface area contributed by atoms with E-state index in [1.54, 1.807) is 0 Å². The summed E-state index contributed by atoms with van der Waals surface area (Å²) in [4.78, 5) is 13.9. The zero-order valence-corrected chi connectivity index (χ0v) is 10.1. The second-order valence-electron chi connectivity index (χ2n) is 4.47. The van der Waals surface area contributed by atoms with Gasteiger partial charge in [0.2, 0.25) is 5.91 Å². The van der Waals surface area contributed by atoms with Gasteiger partial charge in [0.05, 0.1) is 6.04 Å². The van der Waals surface area contributed by atoms with Crippen molar-refractivity contribution >= 4 is 5.91 Å². The standard InChI is InChI=1S/C12H24N2O/c1-3-4-10-14(2)12(15)11-8-6-5-7-9-13-11/h11,13H,3-10H2,1-2H3. The number of unbranched alkanes of at least 4 members (excludes halogenated alkanes) is 1. The first kappa shape index (κ1) is 12.5. The van der Waals surface area contributed by atoms with Crippen LogP contribution in [0.15, 0.2) is 0 Å². The summed E-state index contributed by atoms with van der Waals surface area (Å²) in [7, 11) is 1.92. The van der Waals surface area contributed by atoms with Gasteiger partial charge in [-0.05, 0) is 25.8 Å². The first-order valence-corrected chi connectivity index (χ1v) is 6.24. The summed E-state index contributed by atoms with van der Waals surface area (Å²) < 4.78 is 0. The number of likely N-dealkylation sites (N-methyl/N-ethyl adjacent to an activating group) is 1. The maximum absolute atomic E-state index is 12.0. The first-order valence-electron chi connectivity index (χ1n) is 6.24. The molecule has 3 heteroatoms. The van der Waals surface area contributed by atoms with Gasteiger partial charge in [-0.25, -0.2) is 0 Å². The molecule has 0 spiro atoms. The van der Waals surface area contributed by atoms with E-state index < -0.39 is 0 Å². The molecule has 0 aromatic heterocycles. The molecule has 15 heavy (non-hydrogen) atoms. The molecule has 0 aliphatic carbocycles. The Morgan fingerprint density at radius 1 is 1.40 bits per heavy atom. The molecule has 1 saturated heterocycles. The zero-order chi connectivity index (χ0) is 11.1. The van der Waals surface area contributed by atoms with E-state index in [-0.39, 0.29) is 11.9 Å². The highest BCUT2D eigenvalue weighted by molar-refractivity contribution is 5.81. The van der Waals surface area contributed by atoms with Crippen LogP contribution >= 0.6 is 0 Å². The van der Waals surface area contributed by atoms with Crippen LogP contribution in [0.2, 0.25) is 0 Å². The van der Waals surface area contributed by atoms with Crippen molar-refractivity contribution in [2.24, 2.45) is 0 Å². The minimum absolute atomic E-state index is 0.0781. The molecule has 0 radical (unpaired) electrons. The molecule has 1 fully saturated rings. The van der Waals surface area contributed by atoms with Crippen LogP contribution in [0.25, 0.3) is 0 Å². The fourth-order valence-corrected chi connectivity index (χ4v) is 2.01. The maximum atomic E-state index is 12.0. The molecule has 3 nitrogen and oxygen atoms in total. The fraction of sp³-hybridized carbons (Fsp3) is 0.917. The van der Waals surface area contributed by atoms with Crippen LogP contribution in [-0.2, 0) is 4.79 Å². The van der Waals surface area contributed by atoms with E-state index in [0.717, 1.165) is 32.4 Å². The fourth-order valence-electron chi connectivity index (χ4n) is 2.01. The molecule has 1 aliphatic rings. The lowest BCUT2D eigenvalue weighted by atomic mass is 10.1. The quantitative estimate of drug-likeness (QED) is 0.770. The predicted octanol–water partition coefficient (Wildman–Crippen LogP) is 1.78. The summed E-state index contributed by atoms with van der Waals surface area (Å²) in [6, 6.07) is 0.0781. The van der Waals surface area contributed by atoms with Gasteiger partial charge in [-0.2, -0.15) is 0 Å². The topological polar surface area (TPSA) is 32.3 Å². The maximum Gasteiger partial charge on any atom is 0.239 e. The Bertz CT molecular complexity index is 186. The van der Waals surface area contributed by atoms with Crippen molar-refractivity contribution in [1.82, 2.24) is 10.2 Å². The summed E-state index contributed by atoms with van der Waals surface area (Å²) in [6.07, 6.45) is 6.92. The molecule has 1 N–H and O–H groups in total. The lowest BCUT2D eigenvalue weighted by Crippen LogP contribution is -2.44. The molecule has 1 heterocycles. The van der Waals surface area contributed by atoms with E-state index in [2.05, 4.69) is 12.2 Å². The van der Waals surface area contributed by atoms with Gasteiger partial charge in [0.1, 0.15) is 0 Å². The van der Waals surface area contributed by atoms with Gasteiger partial charge in [-0.3, -0.25) is 4.79 Å². The molecular weight excluding hydrogens is 188 g/mol. The van der Waals surface area contributed by atoms with Gasteiger partial charge in [0.25, 0.3) is 0 Å². The molecule has 1 amide bonds. The summed E-state index contributed by atoms with van der Waals surface area (Å²) >= 11 is 0. The van der Waals surface area contributed by atoms with E-state index in [9.17, 15) is 4.79 Å². The number of rotatable bonds is 4. The summed E-state index contributed by atoms with van der Waals surface area (Å²) in [5.41, 5.74) is 0. The molecule has 1 aliphatic heterocycles. The van der Waals surface area contributed by atoms with Crippen LogP contribution in [0.1, 0.15) is 45.4 Å². The highest BCUT2D eigenvalue weighted by Gasteiger charge is 2.21. The molecule has 1 rings (SSSR count). The lowest BCUT2D eigenvalue weighted by Gasteiger charge is -2.23. The Kier molecular flexibility index (Phi) is 5.69. The van der Waals surface area contributed by atoms with Crippen LogP contribution < -0.4 is 5.32 Å². The summed E-state index contributed by atoms with van der Waals surface area (Å²) in [5.74, 6) is 0.283. The van der Waals surface area contributed by atoms with E-state index in [1.165, 1.54) is 19.3 Å². The monoisotopic (exact) mass is 212 g/mol. The highest BCUT2D eigenvalue weighted by atomic mass is 16.2. The van der Waals surface area contributed by atoms with Crippen molar-refractivity contribution in [2.75, 3.05) is 20.1 Å². The Balaban J connectivity index is 2.35. The number of amides is 1. The highest BCUT2D eigenvalue weighted by Crippen LogP contribution is 2.10. The SMILES string of the molecule is CCCCN(C)C(=O)C1CCCCCN1. The molecule has 1 unspecified atom stereocenters. The van der Waals surface area contributed by atoms with Crippen LogP contribution in [0, 0.1) is 0 Å². The van der Waals surface area contributed by atoms with E-state index >= 15 is 0 Å². The average molecular weight is 212 g/mol. The minimum atomic E-state index is 0.0781. The smallest absolute Gasteiger partial charge is 0.239 e. The second-order valence-corrected chi connectivity index (χ2v) is 4.47. The molecule has 1 atom stereocenters. The number of carbonyl (C=O) groups is 1. The third kappa shape index (κ3) is 4.20.